The fourth-order valence-corrected chi connectivity index (χ4v) is 3.66. The molecule has 35 heavy (non-hydrogen) atoms. The first-order valence-corrected chi connectivity index (χ1v) is 11.4. The molecule has 0 saturated heterocycles. The highest BCUT2D eigenvalue weighted by molar-refractivity contribution is 7.85. The minimum absolute atomic E-state index is 0.242. The Labute approximate surface area is 198 Å². The fourth-order valence-electron chi connectivity index (χ4n) is 3.15. The van der Waals surface area contributed by atoms with Crippen molar-refractivity contribution in [2.75, 3.05) is 5.73 Å². The van der Waals surface area contributed by atoms with Gasteiger partial charge in [-0.25, -0.2) is 4.79 Å². The SMILES string of the molecule is Nc1ccc2cc(S(=O)(=O)O)ccc2c1N=Nc1ccc(N=Nc2ccc(O)c(C(=O)O)c2)cc1. The predicted molar refractivity (Wildman–Crippen MR) is 128 cm³/mol. The van der Waals surface area contributed by atoms with Crippen LogP contribution in [-0.4, -0.2) is 29.2 Å². The van der Waals surface area contributed by atoms with E-state index in [1.54, 1.807) is 36.4 Å². The molecular formula is C23H17N5O6S. The highest BCUT2D eigenvalue weighted by atomic mass is 32.2. The normalized spacial score (nSPS) is 12.0. The minimum atomic E-state index is -4.35. The standard InChI is InChI=1S/C23H17N5O6S/c24-20-9-1-13-11-17(35(32,33)34)7-8-18(13)22(20)28-26-15-4-2-14(3-5-15)25-27-16-6-10-21(29)19(12-16)23(30)31/h1-12,29H,24H2,(H,30,31)(H,32,33,34). The largest absolute Gasteiger partial charge is 0.507 e. The second-order valence-electron chi connectivity index (χ2n) is 7.28. The topological polar surface area (TPSA) is 187 Å². The molecule has 0 unspecified atom stereocenters. The van der Waals surface area contributed by atoms with Gasteiger partial charge in [0, 0.05) is 5.39 Å². The Morgan fingerprint density at radius 2 is 1.37 bits per heavy atom. The van der Waals surface area contributed by atoms with E-state index >= 15 is 0 Å². The van der Waals surface area contributed by atoms with Crippen LogP contribution in [0.1, 0.15) is 10.4 Å². The molecule has 4 rings (SSSR count). The second kappa shape index (κ2) is 9.29. The Hall–Kier alpha value is -4.68. The van der Waals surface area contributed by atoms with E-state index in [0.717, 1.165) is 0 Å². The van der Waals surface area contributed by atoms with E-state index in [-0.39, 0.29) is 21.9 Å². The van der Waals surface area contributed by atoms with Crippen LogP contribution in [0, 0.1) is 0 Å². The maximum absolute atomic E-state index is 11.4. The van der Waals surface area contributed by atoms with E-state index in [1.807, 2.05) is 0 Å². The molecule has 0 fully saturated rings. The predicted octanol–water partition coefficient (Wildman–Crippen LogP) is 5.90. The van der Waals surface area contributed by atoms with Crippen molar-refractivity contribution < 1.29 is 28.0 Å². The van der Waals surface area contributed by atoms with Crippen molar-refractivity contribution in [3.8, 4) is 5.75 Å². The first-order valence-electron chi connectivity index (χ1n) is 9.91. The number of nitrogens with zero attached hydrogens (tertiary/aromatic N) is 4. The fraction of sp³-hybridized carbons (Fsp3) is 0. The van der Waals surface area contributed by atoms with Crippen molar-refractivity contribution >= 4 is 55.3 Å². The zero-order valence-electron chi connectivity index (χ0n) is 17.8. The van der Waals surface area contributed by atoms with Crippen LogP contribution in [0.3, 0.4) is 0 Å². The molecule has 0 bridgehead atoms. The Morgan fingerprint density at radius 1 is 0.771 bits per heavy atom. The second-order valence-corrected chi connectivity index (χ2v) is 8.71. The van der Waals surface area contributed by atoms with Crippen LogP contribution in [-0.2, 0) is 10.1 Å². The van der Waals surface area contributed by atoms with Crippen molar-refractivity contribution in [1.29, 1.82) is 0 Å². The number of anilines is 1. The summed E-state index contributed by atoms with van der Waals surface area (Å²) in [6.07, 6.45) is 0. The summed E-state index contributed by atoms with van der Waals surface area (Å²) in [4.78, 5) is 10.9. The molecule has 11 nitrogen and oxygen atoms in total. The number of nitrogen functional groups attached to an aromatic ring is 1. The van der Waals surface area contributed by atoms with Crippen LogP contribution in [0.5, 0.6) is 5.75 Å². The van der Waals surface area contributed by atoms with Crippen LogP contribution in [0.4, 0.5) is 28.4 Å². The summed E-state index contributed by atoms with van der Waals surface area (Å²) in [6, 6.07) is 17.6. The third-order valence-corrected chi connectivity index (χ3v) is 5.75. The Bertz CT molecular complexity index is 1620. The summed E-state index contributed by atoms with van der Waals surface area (Å²) in [5.74, 6) is -1.64. The van der Waals surface area contributed by atoms with Crippen LogP contribution in [0.15, 0.2) is 98.1 Å². The number of carboxylic acids is 1. The Morgan fingerprint density at radius 3 is 2.00 bits per heavy atom. The lowest BCUT2D eigenvalue weighted by atomic mass is 10.1. The maximum atomic E-state index is 11.4. The van der Waals surface area contributed by atoms with Crippen molar-refractivity contribution in [3.63, 3.8) is 0 Å². The third kappa shape index (κ3) is 5.29. The van der Waals surface area contributed by atoms with Gasteiger partial charge < -0.3 is 15.9 Å². The molecule has 4 aromatic rings. The van der Waals surface area contributed by atoms with Gasteiger partial charge in [0.15, 0.2) is 0 Å². The van der Waals surface area contributed by atoms with Crippen molar-refractivity contribution in [1.82, 2.24) is 0 Å². The Kier molecular flexibility index (Phi) is 6.23. The summed E-state index contributed by atoms with van der Waals surface area (Å²) in [7, 11) is -4.35. The molecule has 0 atom stereocenters. The smallest absolute Gasteiger partial charge is 0.339 e. The van der Waals surface area contributed by atoms with E-state index in [9.17, 15) is 22.9 Å². The van der Waals surface area contributed by atoms with Crippen LogP contribution in [0.2, 0.25) is 0 Å². The van der Waals surface area contributed by atoms with Crippen molar-refractivity contribution in [2.24, 2.45) is 20.5 Å². The van der Waals surface area contributed by atoms with Crippen molar-refractivity contribution in [3.05, 3.63) is 78.4 Å². The monoisotopic (exact) mass is 491 g/mol. The van der Waals surface area contributed by atoms with Gasteiger partial charge in [0.2, 0.25) is 0 Å². The highest BCUT2D eigenvalue weighted by Crippen LogP contribution is 2.35. The zero-order chi connectivity index (χ0) is 25.2. The molecule has 4 aromatic carbocycles. The third-order valence-electron chi connectivity index (χ3n) is 4.90. The zero-order valence-corrected chi connectivity index (χ0v) is 18.6. The first-order chi connectivity index (χ1) is 16.6. The molecule has 0 aliphatic heterocycles. The van der Waals surface area contributed by atoms with Gasteiger partial charge in [0.1, 0.15) is 17.0 Å². The number of phenols is 1. The van der Waals surface area contributed by atoms with Gasteiger partial charge in [-0.2, -0.15) is 23.8 Å². The molecule has 0 aromatic heterocycles. The van der Waals surface area contributed by atoms with Crippen LogP contribution < -0.4 is 5.73 Å². The Balaban J connectivity index is 1.56. The number of aromatic carboxylic acids is 1. The van der Waals surface area contributed by atoms with Gasteiger partial charge in [0.25, 0.3) is 10.1 Å². The number of carbonyl (C=O) groups is 1. The molecular weight excluding hydrogens is 474 g/mol. The average Bonchev–Trinajstić information content (AvgIpc) is 2.82. The maximum Gasteiger partial charge on any atom is 0.339 e. The summed E-state index contributed by atoms with van der Waals surface area (Å²) in [5, 5.41) is 36.1. The van der Waals surface area contributed by atoms with E-state index in [4.69, 9.17) is 10.8 Å². The van der Waals surface area contributed by atoms with E-state index < -0.39 is 16.1 Å². The lowest BCUT2D eigenvalue weighted by Crippen LogP contribution is -1.97. The molecule has 0 aliphatic carbocycles. The molecule has 0 saturated carbocycles. The van der Waals surface area contributed by atoms with Gasteiger partial charge in [-0.1, -0.05) is 12.1 Å². The van der Waals surface area contributed by atoms with E-state index in [1.165, 1.54) is 36.4 Å². The molecule has 12 heteroatoms. The molecule has 176 valence electrons. The molecule has 0 radical (unpaired) electrons. The molecule has 0 amide bonds. The number of azo groups is 2. The van der Waals surface area contributed by atoms with Gasteiger partial charge in [-0.15, -0.1) is 5.11 Å². The van der Waals surface area contributed by atoms with Gasteiger partial charge in [-0.05, 0) is 66.0 Å². The molecule has 0 heterocycles. The van der Waals surface area contributed by atoms with E-state index in [0.29, 0.717) is 33.5 Å². The lowest BCUT2D eigenvalue weighted by molar-refractivity contribution is 0.0693. The summed E-state index contributed by atoms with van der Waals surface area (Å²) < 4.78 is 32.0. The molecule has 5 N–H and O–H groups in total. The summed E-state index contributed by atoms with van der Waals surface area (Å²) >= 11 is 0. The molecule has 0 spiro atoms. The summed E-state index contributed by atoms with van der Waals surface area (Å²) in [6.45, 7) is 0. The highest BCUT2D eigenvalue weighted by Gasteiger charge is 2.13. The number of benzene rings is 4. The summed E-state index contributed by atoms with van der Waals surface area (Å²) in [5.41, 5.74) is 7.63. The average molecular weight is 491 g/mol. The quantitative estimate of drug-likeness (QED) is 0.147. The first kappa shape index (κ1) is 23.5. The number of fused-ring (bicyclic) bond motifs is 1. The number of carboxylic acid groups (broad SMARTS) is 1. The van der Waals surface area contributed by atoms with Crippen molar-refractivity contribution in [2.45, 2.75) is 4.90 Å². The van der Waals surface area contributed by atoms with E-state index in [2.05, 4.69) is 20.5 Å². The van der Waals surface area contributed by atoms with Gasteiger partial charge >= 0.3 is 5.97 Å². The lowest BCUT2D eigenvalue weighted by Gasteiger charge is -2.06. The van der Waals surface area contributed by atoms with Gasteiger partial charge in [-0.3, -0.25) is 4.55 Å². The number of nitrogens with two attached hydrogens (primary N) is 1. The number of aromatic hydroxyl groups is 1. The van der Waals surface area contributed by atoms with Crippen LogP contribution >= 0.6 is 0 Å². The minimum Gasteiger partial charge on any atom is -0.507 e. The number of rotatable bonds is 6. The van der Waals surface area contributed by atoms with Crippen LogP contribution in [0.25, 0.3) is 10.8 Å². The number of hydrogen-bond acceptors (Lipinski definition) is 9. The molecule has 0 aliphatic rings. The van der Waals surface area contributed by atoms with Gasteiger partial charge in [0.05, 0.1) is 27.6 Å². The number of hydrogen-bond donors (Lipinski definition) is 4.